The highest BCUT2D eigenvalue weighted by atomic mass is 16.3. The average Bonchev–Trinajstić information content (AvgIpc) is 2.78. The molecule has 0 unspecified atom stereocenters. The number of benzene rings is 2. The van der Waals surface area contributed by atoms with Gasteiger partial charge in [-0.05, 0) is 31.5 Å². The zero-order valence-corrected chi connectivity index (χ0v) is 12.7. The summed E-state index contributed by atoms with van der Waals surface area (Å²) in [4.78, 5) is 0. The van der Waals surface area contributed by atoms with E-state index in [2.05, 4.69) is 49.1 Å². The van der Waals surface area contributed by atoms with Crippen LogP contribution in [0.2, 0.25) is 0 Å². The van der Waals surface area contributed by atoms with E-state index in [1.807, 2.05) is 26.2 Å². The molecule has 3 nitrogen and oxygen atoms in total. The Labute approximate surface area is 119 Å². The lowest BCUT2D eigenvalue weighted by Gasteiger charge is -2.29. The Morgan fingerprint density at radius 1 is 0.950 bits per heavy atom. The van der Waals surface area contributed by atoms with E-state index in [-0.39, 0.29) is 0 Å². The highest BCUT2D eigenvalue weighted by Gasteiger charge is 2.17. The number of furan rings is 1. The summed E-state index contributed by atoms with van der Waals surface area (Å²) in [5, 5.41) is 6.61. The van der Waals surface area contributed by atoms with Gasteiger partial charge in [-0.15, -0.1) is 0 Å². The number of anilines is 1. The van der Waals surface area contributed by atoms with Gasteiger partial charge in [0.1, 0.15) is 11.2 Å². The number of aryl methyl sites for hydroxylation is 2. The van der Waals surface area contributed by atoms with Gasteiger partial charge in [0.25, 0.3) is 0 Å². The molecule has 0 bridgehead atoms. The predicted molar refractivity (Wildman–Crippen MR) is 85.3 cm³/mol. The van der Waals surface area contributed by atoms with Crippen molar-refractivity contribution in [3.63, 3.8) is 0 Å². The van der Waals surface area contributed by atoms with Crippen molar-refractivity contribution >= 4 is 27.6 Å². The van der Waals surface area contributed by atoms with Gasteiger partial charge in [-0.1, -0.05) is 18.2 Å². The molecule has 0 aliphatic rings. The van der Waals surface area contributed by atoms with Crippen LogP contribution in [-0.4, -0.2) is 26.2 Å². The molecule has 0 saturated carbocycles. The minimum absolute atomic E-state index is 0.953. The Morgan fingerprint density at radius 3 is 2.35 bits per heavy atom. The van der Waals surface area contributed by atoms with E-state index in [0.717, 1.165) is 11.2 Å². The third kappa shape index (κ3) is 1.78. The summed E-state index contributed by atoms with van der Waals surface area (Å²) in [5.74, 6) is 0. The van der Waals surface area contributed by atoms with Crippen molar-refractivity contribution in [2.45, 2.75) is 13.8 Å². The zero-order valence-electron chi connectivity index (χ0n) is 12.7. The van der Waals surface area contributed by atoms with Gasteiger partial charge in [0.05, 0.1) is 5.69 Å². The molecule has 1 heterocycles. The third-order valence-corrected chi connectivity index (χ3v) is 3.99. The Morgan fingerprint density at radius 2 is 1.65 bits per heavy atom. The van der Waals surface area contributed by atoms with Gasteiger partial charge < -0.3 is 9.43 Å². The van der Waals surface area contributed by atoms with Crippen LogP contribution in [0.3, 0.4) is 0 Å². The smallest absolute Gasteiger partial charge is 0.140 e. The molecule has 0 aliphatic heterocycles. The second kappa shape index (κ2) is 4.53. The summed E-state index contributed by atoms with van der Waals surface area (Å²) in [6.45, 7) is 4.29. The van der Waals surface area contributed by atoms with E-state index in [1.54, 1.807) is 0 Å². The normalized spacial score (nSPS) is 11.7. The second-order valence-corrected chi connectivity index (χ2v) is 5.51. The van der Waals surface area contributed by atoms with Crippen LogP contribution in [0.4, 0.5) is 5.69 Å². The van der Waals surface area contributed by atoms with Crippen molar-refractivity contribution < 1.29 is 4.42 Å². The van der Waals surface area contributed by atoms with Crippen molar-refractivity contribution in [2.75, 3.05) is 26.2 Å². The number of para-hydroxylation sites is 1. The highest BCUT2D eigenvalue weighted by molar-refractivity contribution is 6.07. The van der Waals surface area contributed by atoms with Crippen LogP contribution in [0.5, 0.6) is 0 Å². The van der Waals surface area contributed by atoms with E-state index in [1.165, 1.54) is 27.6 Å². The van der Waals surface area contributed by atoms with Gasteiger partial charge in [0.2, 0.25) is 0 Å². The van der Waals surface area contributed by atoms with Gasteiger partial charge in [-0.3, -0.25) is 0 Å². The molecule has 0 radical (unpaired) electrons. The average molecular weight is 268 g/mol. The first kappa shape index (κ1) is 13.0. The quantitative estimate of drug-likeness (QED) is 0.652. The molecule has 20 heavy (non-hydrogen) atoms. The summed E-state index contributed by atoms with van der Waals surface area (Å²) in [6, 6.07) is 10.4. The molecule has 0 spiro atoms. The van der Waals surface area contributed by atoms with E-state index < -0.39 is 0 Å². The number of nitrogens with zero attached hydrogens (tertiary/aromatic N) is 2. The van der Waals surface area contributed by atoms with Gasteiger partial charge in [0.15, 0.2) is 0 Å². The maximum Gasteiger partial charge on any atom is 0.140 e. The first-order chi connectivity index (χ1) is 9.50. The van der Waals surface area contributed by atoms with Crippen LogP contribution in [0.25, 0.3) is 21.9 Å². The van der Waals surface area contributed by atoms with Crippen LogP contribution < -0.4 is 5.01 Å². The topological polar surface area (TPSA) is 19.6 Å². The fraction of sp³-hybridized carbons (Fsp3) is 0.294. The Hall–Kier alpha value is -2.00. The number of hydrogen-bond acceptors (Lipinski definition) is 3. The molecule has 3 aromatic rings. The summed E-state index contributed by atoms with van der Waals surface area (Å²) in [6.07, 6.45) is 0. The Bertz CT molecular complexity index is 786. The van der Waals surface area contributed by atoms with Crippen LogP contribution in [0.1, 0.15) is 11.1 Å². The number of rotatable bonds is 2. The van der Waals surface area contributed by atoms with Crippen LogP contribution in [-0.2, 0) is 0 Å². The first-order valence-corrected chi connectivity index (χ1v) is 6.83. The molecule has 2 aromatic carbocycles. The second-order valence-electron chi connectivity index (χ2n) is 5.51. The molecule has 0 N–H and O–H groups in total. The largest absolute Gasteiger partial charge is 0.456 e. The molecule has 0 amide bonds. The highest BCUT2D eigenvalue weighted by Crippen LogP contribution is 2.37. The summed E-state index contributed by atoms with van der Waals surface area (Å²) in [5.41, 5.74) is 5.60. The lowest BCUT2D eigenvalue weighted by molar-refractivity contribution is 0.396. The maximum absolute atomic E-state index is 6.06. The van der Waals surface area contributed by atoms with E-state index >= 15 is 0 Å². The van der Waals surface area contributed by atoms with Crippen molar-refractivity contribution in [1.82, 2.24) is 5.01 Å². The third-order valence-electron chi connectivity index (χ3n) is 3.99. The Balaban J connectivity index is 2.38. The molecule has 1 aromatic heterocycles. The van der Waals surface area contributed by atoms with Gasteiger partial charge in [0, 0.05) is 37.5 Å². The number of fused-ring (bicyclic) bond motifs is 3. The van der Waals surface area contributed by atoms with E-state index in [0.29, 0.717) is 0 Å². The van der Waals surface area contributed by atoms with Gasteiger partial charge >= 0.3 is 0 Å². The lowest BCUT2D eigenvalue weighted by Crippen LogP contribution is -2.34. The van der Waals surface area contributed by atoms with Crippen molar-refractivity contribution in [3.8, 4) is 0 Å². The lowest BCUT2D eigenvalue weighted by atomic mass is 10.0. The van der Waals surface area contributed by atoms with Crippen LogP contribution in [0, 0.1) is 13.8 Å². The summed E-state index contributed by atoms with van der Waals surface area (Å²) < 4.78 is 6.06. The zero-order chi connectivity index (χ0) is 14.4. The molecule has 0 saturated heterocycles. The minimum Gasteiger partial charge on any atom is -0.456 e. The molecule has 104 valence electrons. The minimum atomic E-state index is 0.953. The van der Waals surface area contributed by atoms with Gasteiger partial charge in [-0.25, -0.2) is 5.01 Å². The summed E-state index contributed by atoms with van der Waals surface area (Å²) >= 11 is 0. The number of hydrogen-bond donors (Lipinski definition) is 0. The van der Waals surface area contributed by atoms with Crippen molar-refractivity contribution in [2.24, 2.45) is 0 Å². The molecule has 0 aliphatic carbocycles. The van der Waals surface area contributed by atoms with Gasteiger partial charge in [-0.2, -0.15) is 0 Å². The molecule has 0 atom stereocenters. The Kier molecular flexibility index (Phi) is 2.94. The molecule has 3 rings (SSSR count). The summed E-state index contributed by atoms with van der Waals surface area (Å²) in [7, 11) is 6.16. The van der Waals surface area contributed by atoms with Crippen LogP contribution >= 0.6 is 0 Å². The fourth-order valence-corrected chi connectivity index (χ4v) is 2.87. The SMILES string of the molecule is Cc1cc2c(oc3ccccc32)c(C)c1N(C)N(C)C. The number of hydrazine groups is 1. The van der Waals surface area contributed by atoms with Crippen LogP contribution in [0.15, 0.2) is 34.7 Å². The molecule has 3 heteroatoms. The molecule has 0 fully saturated rings. The molecular formula is C17H20N2O. The molecular weight excluding hydrogens is 248 g/mol. The van der Waals surface area contributed by atoms with E-state index in [4.69, 9.17) is 4.42 Å². The first-order valence-electron chi connectivity index (χ1n) is 6.83. The monoisotopic (exact) mass is 268 g/mol. The van der Waals surface area contributed by atoms with E-state index in [9.17, 15) is 0 Å². The maximum atomic E-state index is 6.06. The van der Waals surface area contributed by atoms with Crippen molar-refractivity contribution in [1.29, 1.82) is 0 Å². The standard InChI is InChI=1S/C17H20N2O/c1-11-10-14-13-8-6-7-9-15(13)20-17(14)12(2)16(11)19(5)18(3)4/h6-10H,1-5H3. The van der Waals surface area contributed by atoms with Crippen molar-refractivity contribution in [3.05, 3.63) is 41.5 Å². The fourth-order valence-electron chi connectivity index (χ4n) is 2.87. The predicted octanol–water partition coefficient (Wildman–Crippen LogP) is 4.12.